The van der Waals surface area contributed by atoms with Gasteiger partial charge in [-0.15, -0.1) is 6.58 Å². The molecule has 0 aliphatic carbocycles. The third-order valence-corrected chi connectivity index (χ3v) is 2.84. The molecule has 2 atom stereocenters. The molecule has 1 fully saturated rings. The lowest BCUT2D eigenvalue weighted by Crippen LogP contribution is -2.29. The van der Waals surface area contributed by atoms with Gasteiger partial charge in [0.05, 0.1) is 12.5 Å². The molecule has 78 valence electrons. The smallest absolute Gasteiger partial charge is 0.314 e. The first kappa shape index (κ1) is 9.97. The second-order valence-corrected chi connectivity index (χ2v) is 3.74. The van der Waals surface area contributed by atoms with E-state index in [1.807, 2.05) is 36.4 Å². The van der Waals surface area contributed by atoms with Crippen molar-refractivity contribution >= 4 is 5.97 Å². The van der Waals surface area contributed by atoms with Gasteiger partial charge >= 0.3 is 5.97 Å². The van der Waals surface area contributed by atoms with Gasteiger partial charge in [0.2, 0.25) is 0 Å². The van der Waals surface area contributed by atoms with Crippen molar-refractivity contribution in [3.8, 4) is 0 Å². The molecule has 0 N–H and O–H groups in total. The third-order valence-electron chi connectivity index (χ3n) is 2.84. The van der Waals surface area contributed by atoms with Crippen molar-refractivity contribution in [3.05, 3.63) is 48.6 Å². The number of ether oxygens (including phenoxy) is 1. The van der Waals surface area contributed by atoms with E-state index in [4.69, 9.17) is 4.74 Å². The van der Waals surface area contributed by atoms with Crippen molar-refractivity contribution < 1.29 is 9.53 Å². The number of benzene rings is 1. The van der Waals surface area contributed by atoms with Crippen LogP contribution in [0.2, 0.25) is 0 Å². The van der Waals surface area contributed by atoms with Gasteiger partial charge in [0, 0.05) is 0 Å². The molecule has 1 aliphatic rings. The van der Waals surface area contributed by atoms with Gasteiger partial charge in [-0.2, -0.15) is 0 Å². The average Bonchev–Trinajstić information content (AvgIpc) is 2.29. The SMILES string of the molecule is C=CC1CCOC(=O)C1c1ccccc1. The Morgan fingerprint density at radius 2 is 2.07 bits per heavy atom. The minimum atomic E-state index is -0.169. The lowest BCUT2D eigenvalue weighted by atomic mass is 9.83. The Hall–Kier alpha value is -1.57. The molecular formula is C13H14O2. The highest BCUT2D eigenvalue weighted by Gasteiger charge is 2.32. The number of cyclic esters (lactones) is 1. The molecule has 0 saturated carbocycles. The van der Waals surface area contributed by atoms with Crippen molar-refractivity contribution in [2.75, 3.05) is 6.61 Å². The van der Waals surface area contributed by atoms with Gasteiger partial charge < -0.3 is 4.74 Å². The van der Waals surface area contributed by atoms with Crippen LogP contribution in [0.1, 0.15) is 17.9 Å². The molecule has 1 aromatic rings. The molecule has 0 radical (unpaired) electrons. The first-order valence-corrected chi connectivity index (χ1v) is 5.17. The topological polar surface area (TPSA) is 26.3 Å². The minimum absolute atomic E-state index is 0.127. The summed E-state index contributed by atoms with van der Waals surface area (Å²) in [4.78, 5) is 11.7. The summed E-state index contributed by atoms with van der Waals surface area (Å²) in [5, 5.41) is 0. The molecule has 2 unspecified atom stereocenters. The Kier molecular flexibility index (Phi) is 2.86. The number of rotatable bonds is 2. The van der Waals surface area contributed by atoms with Crippen molar-refractivity contribution in [3.63, 3.8) is 0 Å². The maximum atomic E-state index is 11.7. The highest BCUT2D eigenvalue weighted by molar-refractivity contribution is 5.79. The first-order valence-electron chi connectivity index (χ1n) is 5.17. The summed E-state index contributed by atoms with van der Waals surface area (Å²) in [7, 11) is 0. The maximum absolute atomic E-state index is 11.7. The van der Waals surface area contributed by atoms with Crippen LogP contribution in [0, 0.1) is 5.92 Å². The molecule has 0 bridgehead atoms. The zero-order chi connectivity index (χ0) is 10.7. The van der Waals surface area contributed by atoms with Crippen molar-refractivity contribution in [1.82, 2.24) is 0 Å². The van der Waals surface area contributed by atoms with Gasteiger partial charge in [0.25, 0.3) is 0 Å². The van der Waals surface area contributed by atoms with Crippen LogP contribution in [-0.4, -0.2) is 12.6 Å². The minimum Gasteiger partial charge on any atom is -0.465 e. The number of hydrogen-bond acceptors (Lipinski definition) is 2. The number of allylic oxidation sites excluding steroid dienone is 1. The second-order valence-electron chi connectivity index (χ2n) is 3.74. The normalized spacial score (nSPS) is 25.7. The molecule has 1 saturated heterocycles. The fourth-order valence-electron chi connectivity index (χ4n) is 2.02. The highest BCUT2D eigenvalue weighted by atomic mass is 16.5. The molecule has 0 amide bonds. The van der Waals surface area contributed by atoms with Crippen LogP contribution in [0.4, 0.5) is 0 Å². The molecule has 2 nitrogen and oxygen atoms in total. The van der Waals surface area contributed by atoms with E-state index < -0.39 is 0 Å². The summed E-state index contributed by atoms with van der Waals surface area (Å²) in [6, 6.07) is 9.76. The standard InChI is InChI=1S/C13H14O2/c1-2-10-8-9-15-13(14)12(10)11-6-4-3-5-7-11/h2-7,10,12H,1,8-9H2. The summed E-state index contributed by atoms with van der Waals surface area (Å²) in [5.41, 5.74) is 1.02. The highest BCUT2D eigenvalue weighted by Crippen LogP contribution is 2.32. The second kappa shape index (κ2) is 4.30. The van der Waals surface area contributed by atoms with E-state index in [2.05, 4.69) is 6.58 Å². The Morgan fingerprint density at radius 1 is 1.33 bits per heavy atom. The van der Waals surface area contributed by atoms with Crippen molar-refractivity contribution in [2.45, 2.75) is 12.3 Å². The van der Waals surface area contributed by atoms with Gasteiger partial charge in [-0.1, -0.05) is 36.4 Å². The Labute approximate surface area is 89.6 Å². The fourth-order valence-corrected chi connectivity index (χ4v) is 2.02. The first-order chi connectivity index (χ1) is 7.33. The molecular weight excluding hydrogens is 188 g/mol. The molecule has 2 rings (SSSR count). The Balaban J connectivity index is 2.31. The van der Waals surface area contributed by atoms with Crippen LogP contribution in [0.3, 0.4) is 0 Å². The average molecular weight is 202 g/mol. The van der Waals surface area contributed by atoms with Crippen molar-refractivity contribution in [2.24, 2.45) is 5.92 Å². The zero-order valence-corrected chi connectivity index (χ0v) is 8.56. The van der Waals surface area contributed by atoms with E-state index >= 15 is 0 Å². The molecule has 0 aromatic heterocycles. The molecule has 1 aromatic carbocycles. The van der Waals surface area contributed by atoms with E-state index in [0.717, 1.165) is 12.0 Å². The number of esters is 1. The predicted octanol–water partition coefficient (Wildman–Crippen LogP) is 2.52. The summed E-state index contributed by atoms with van der Waals surface area (Å²) in [6.07, 6.45) is 2.73. The van der Waals surface area contributed by atoms with E-state index in [1.165, 1.54) is 0 Å². The summed E-state index contributed by atoms with van der Waals surface area (Å²) < 4.78 is 5.09. The van der Waals surface area contributed by atoms with Gasteiger partial charge in [0.1, 0.15) is 0 Å². The quantitative estimate of drug-likeness (QED) is 0.544. The van der Waals surface area contributed by atoms with Crippen LogP contribution in [0.25, 0.3) is 0 Å². The van der Waals surface area contributed by atoms with Gasteiger partial charge in [-0.3, -0.25) is 4.79 Å². The lowest BCUT2D eigenvalue weighted by Gasteiger charge is -2.28. The third kappa shape index (κ3) is 1.94. The van der Waals surface area contributed by atoms with Crippen molar-refractivity contribution in [1.29, 1.82) is 0 Å². The van der Waals surface area contributed by atoms with Crippen LogP contribution >= 0.6 is 0 Å². The fraction of sp³-hybridized carbons (Fsp3) is 0.308. The van der Waals surface area contributed by atoms with E-state index in [9.17, 15) is 4.79 Å². The number of carbonyl (C=O) groups excluding carboxylic acids is 1. The van der Waals surface area contributed by atoms with E-state index in [1.54, 1.807) is 0 Å². The largest absolute Gasteiger partial charge is 0.465 e. The Morgan fingerprint density at radius 3 is 2.73 bits per heavy atom. The van der Waals surface area contributed by atoms with E-state index in [0.29, 0.717) is 6.61 Å². The maximum Gasteiger partial charge on any atom is 0.314 e. The number of hydrogen-bond donors (Lipinski definition) is 0. The van der Waals surface area contributed by atoms with Crippen LogP contribution in [0.15, 0.2) is 43.0 Å². The molecule has 2 heteroatoms. The summed E-state index contributed by atoms with van der Waals surface area (Å²) in [6.45, 7) is 4.30. The predicted molar refractivity (Wildman–Crippen MR) is 58.4 cm³/mol. The Bertz CT molecular complexity index is 356. The monoisotopic (exact) mass is 202 g/mol. The summed E-state index contributed by atoms with van der Waals surface area (Å²) in [5.74, 6) is -0.0940. The van der Waals surface area contributed by atoms with Crippen LogP contribution in [-0.2, 0) is 9.53 Å². The van der Waals surface area contributed by atoms with Crippen LogP contribution < -0.4 is 0 Å². The van der Waals surface area contributed by atoms with Gasteiger partial charge in [0.15, 0.2) is 0 Å². The van der Waals surface area contributed by atoms with Crippen LogP contribution in [0.5, 0.6) is 0 Å². The summed E-state index contributed by atoms with van der Waals surface area (Å²) >= 11 is 0. The van der Waals surface area contributed by atoms with E-state index in [-0.39, 0.29) is 17.8 Å². The van der Waals surface area contributed by atoms with Gasteiger partial charge in [-0.25, -0.2) is 0 Å². The molecule has 15 heavy (non-hydrogen) atoms. The van der Waals surface area contributed by atoms with Gasteiger partial charge in [-0.05, 0) is 17.9 Å². The number of carbonyl (C=O) groups is 1. The molecule has 1 heterocycles. The lowest BCUT2D eigenvalue weighted by molar-refractivity contribution is -0.150. The molecule has 0 spiro atoms. The zero-order valence-electron chi connectivity index (χ0n) is 8.56. The molecule has 1 aliphatic heterocycles.